The summed E-state index contributed by atoms with van der Waals surface area (Å²) in [5.74, 6) is 0.322. The number of hydrogen-bond acceptors (Lipinski definition) is 1. The van der Waals surface area contributed by atoms with E-state index >= 15 is 0 Å². The van der Waals surface area contributed by atoms with Crippen molar-refractivity contribution in [3.8, 4) is 5.75 Å². The predicted octanol–water partition coefficient (Wildman–Crippen LogP) is 5.98. The van der Waals surface area contributed by atoms with Crippen LogP contribution in [0.2, 0.25) is 0 Å². The lowest BCUT2D eigenvalue weighted by Gasteiger charge is -2.30. The summed E-state index contributed by atoms with van der Waals surface area (Å²) in [6.07, 6.45) is 0. The Morgan fingerprint density at radius 1 is 0.682 bits per heavy atom. The molecule has 0 saturated heterocycles. The molecule has 0 heterocycles. The molecule has 0 radical (unpaired) electrons. The molecule has 1 heteroatoms. The minimum Gasteiger partial charge on any atom is -0.508 e. The third-order valence-corrected chi connectivity index (χ3v) is 3.55. The molecule has 0 saturated carbocycles. The van der Waals surface area contributed by atoms with Crippen LogP contribution >= 0.6 is 0 Å². The molecule has 0 aliphatic rings. The Balaban J connectivity index is 0.000000287. The topological polar surface area (TPSA) is 20.2 Å². The monoisotopic (exact) mass is 298 g/mol. The summed E-state index contributed by atoms with van der Waals surface area (Å²) >= 11 is 0. The Kier molecular flexibility index (Phi) is 5.82. The van der Waals surface area contributed by atoms with Gasteiger partial charge in [-0.2, -0.15) is 0 Å². The van der Waals surface area contributed by atoms with Gasteiger partial charge in [0.15, 0.2) is 0 Å². The number of phenolic OH excluding ortho intramolecular Hbond substituents is 1. The maximum absolute atomic E-state index is 8.63. The fourth-order valence-electron chi connectivity index (χ4n) is 2.36. The van der Waals surface area contributed by atoms with Gasteiger partial charge in [0.2, 0.25) is 0 Å². The fourth-order valence-corrected chi connectivity index (χ4v) is 2.36. The van der Waals surface area contributed by atoms with Crippen LogP contribution in [0.4, 0.5) is 0 Å². The van der Waals surface area contributed by atoms with E-state index in [4.69, 9.17) is 5.11 Å². The van der Waals surface area contributed by atoms with Crippen molar-refractivity contribution in [1.29, 1.82) is 0 Å². The molecule has 0 aromatic heterocycles. The maximum Gasteiger partial charge on any atom is 0.115 e. The van der Waals surface area contributed by atoms with E-state index in [1.54, 1.807) is 24.3 Å². The highest BCUT2D eigenvalue weighted by Gasteiger charge is 2.24. The quantitative estimate of drug-likeness (QED) is 0.634. The smallest absolute Gasteiger partial charge is 0.115 e. The number of rotatable bonds is 0. The molecule has 1 nitrogen and oxygen atoms in total. The van der Waals surface area contributed by atoms with Crippen LogP contribution in [0.1, 0.15) is 58.2 Å². The summed E-state index contributed by atoms with van der Waals surface area (Å²) in [6, 6.07) is 15.6. The van der Waals surface area contributed by atoms with Gasteiger partial charge in [-0.25, -0.2) is 0 Å². The molecule has 0 spiro atoms. The van der Waals surface area contributed by atoms with Gasteiger partial charge in [0.25, 0.3) is 0 Å². The van der Waals surface area contributed by atoms with Crippen molar-refractivity contribution >= 4 is 0 Å². The second kappa shape index (κ2) is 7.00. The van der Waals surface area contributed by atoms with E-state index < -0.39 is 0 Å². The summed E-state index contributed by atoms with van der Waals surface area (Å²) in [4.78, 5) is 0. The van der Waals surface area contributed by atoms with Crippen molar-refractivity contribution in [3.63, 3.8) is 0 Å². The van der Waals surface area contributed by atoms with Crippen LogP contribution in [0.25, 0.3) is 0 Å². The molecule has 1 N–H and O–H groups in total. The highest BCUT2D eigenvalue weighted by Crippen LogP contribution is 2.34. The lowest BCUT2D eigenvalue weighted by atomic mass is 9.75. The normalized spacial score (nSPS) is 11.6. The molecular formula is C21H30O. The Hall–Kier alpha value is -1.76. The van der Waals surface area contributed by atoms with Crippen molar-refractivity contribution in [2.75, 3.05) is 0 Å². The average molecular weight is 298 g/mol. The SMILES string of the molecule is Cc1ccc(C(C)(C)C)c(C(C)(C)C)c1.Oc1ccccc1. The van der Waals surface area contributed by atoms with E-state index in [1.165, 1.54) is 16.7 Å². The van der Waals surface area contributed by atoms with Gasteiger partial charge in [-0.1, -0.05) is 83.5 Å². The lowest BCUT2D eigenvalue weighted by molar-refractivity contribution is 0.475. The van der Waals surface area contributed by atoms with Gasteiger partial charge >= 0.3 is 0 Å². The van der Waals surface area contributed by atoms with Crippen LogP contribution in [0, 0.1) is 6.92 Å². The lowest BCUT2D eigenvalue weighted by Crippen LogP contribution is -2.21. The minimum absolute atomic E-state index is 0.231. The van der Waals surface area contributed by atoms with Gasteiger partial charge in [0.05, 0.1) is 0 Å². The predicted molar refractivity (Wildman–Crippen MR) is 96.7 cm³/mol. The zero-order chi connectivity index (χ0) is 17.0. The molecule has 22 heavy (non-hydrogen) atoms. The second-order valence-corrected chi connectivity index (χ2v) is 7.88. The molecule has 2 rings (SSSR count). The van der Waals surface area contributed by atoms with Crippen molar-refractivity contribution in [1.82, 2.24) is 0 Å². The molecule has 0 fully saturated rings. The number of para-hydroxylation sites is 1. The number of benzene rings is 2. The Bertz CT molecular complexity index is 584. The number of aryl methyl sites for hydroxylation is 1. The highest BCUT2D eigenvalue weighted by atomic mass is 16.3. The summed E-state index contributed by atoms with van der Waals surface area (Å²) < 4.78 is 0. The molecule has 120 valence electrons. The van der Waals surface area contributed by atoms with Gasteiger partial charge in [0, 0.05) is 0 Å². The van der Waals surface area contributed by atoms with Crippen molar-refractivity contribution in [3.05, 3.63) is 65.2 Å². The average Bonchev–Trinajstić information content (AvgIpc) is 2.38. The summed E-state index contributed by atoms with van der Waals surface area (Å²) in [5.41, 5.74) is 4.77. The molecule has 0 aliphatic heterocycles. The van der Waals surface area contributed by atoms with E-state index in [2.05, 4.69) is 66.7 Å². The zero-order valence-corrected chi connectivity index (χ0v) is 15.1. The van der Waals surface area contributed by atoms with E-state index in [0.29, 0.717) is 5.75 Å². The molecule has 0 unspecified atom stereocenters. The first-order valence-electron chi connectivity index (χ1n) is 7.87. The van der Waals surface area contributed by atoms with Crippen molar-refractivity contribution in [2.45, 2.75) is 59.3 Å². The van der Waals surface area contributed by atoms with Crippen LogP contribution in [0.5, 0.6) is 5.75 Å². The number of phenols is 1. The summed E-state index contributed by atoms with van der Waals surface area (Å²) in [7, 11) is 0. The Morgan fingerprint density at radius 3 is 1.55 bits per heavy atom. The van der Waals surface area contributed by atoms with E-state index in [1.807, 2.05) is 6.07 Å². The van der Waals surface area contributed by atoms with Crippen LogP contribution in [-0.4, -0.2) is 5.11 Å². The van der Waals surface area contributed by atoms with Crippen LogP contribution < -0.4 is 0 Å². The Labute approximate surface area is 136 Å². The van der Waals surface area contributed by atoms with Gasteiger partial charge in [0.1, 0.15) is 5.75 Å². The van der Waals surface area contributed by atoms with Gasteiger partial charge in [-0.05, 0) is 41.0 Å². The van der Waals surface area contributed by atoms with Crippen LogP contribution in [0.15, 0.2) is 48.5 Å². The molecular weight excluding hydrogens is 268 g/mol. The summed E-state index contributed by atoms with van der Waals surface area (Å²) in [6.45, 7) is 15.9. The standard InChI is InChI=1S/C15H24.C6H6O/c1-11-8-9-12(14(2,3)4)13(10-11)15(5,6)7;7-6-4-2-1-3-5-6/h8-10H,1-7H3;1-5,7H. The minimum atomic E-state index is 0.231. The first-order chi connectivity index (χ1) is 10.0. The van der Waals surface area contributed by atoms with E-state index in [-0.39, 0.29) is 10.8 Å². The number of hydrogen-bond donors (Lipinski definition) is 1. The molecule has 0 bridgehead atoms. The van der Waals surface area contributed by atoms with Gasteiger partial charge < -0.3 is 5.11 Å². The number of aromatic hydroxyl groups is 1. The largest absolute Gasteiger partial charge is 0.508 e. The van der Waals surface area contributed by atoms with Gasteiger partial charge in [-0.3, -0.25) is 0 Å². The first-order valence-corrected chi connectivity index (χ1v) is 7.87. The third-order valence-electron chi connectivity index (χ3n) is 3.55. The van der Waals surface area contributed by atoms with E-state index in [0.717, 1.165) is 0 Å². The second-order valence-electron chi connectivity index (χ2n) is 7.88. The fraction of sp³-hybridized carbons (Fsp3) is 0.429. The Morgan fingerprint density at radius 2 is 1.18 bits per heavy atom. The van der Waals surface area contributed by atoms with Gasteiger partial charge in [-0.15, -0.1) is 0 Å². The van der Waals surface area contributed by atoms with Crippen molar-refractivity contribution in [2.24, 2.45) is 0 Å². The maximum atomic E-state index is 8.63. The zero-order valence-electron chi connectivity index (χ0n) is 15.1. The van der Waals surface area contributed by atoms with Crippen LogP contribution in [0.3, 0.4) is 0 Å². The van der Waals surface area contributed by atoms with Crippen molar-refractivity contribution < 1.29 is 5.11 Å². The van der Waals surface area contributed by atoms with E-state index in [9.17, 15) is 0 Å². The molecule has 2 aromatic rings. The molecule has 0 aliphatic carbocycles. The summed E-state index contributed by atoms with van der Waals surface area (Å²) in [5, 5.41) is 8.63. The van der Waals surface area contributed by atoms with Crippen LogP contribution in [-0.2, 0) is 10.8 Å². The molecule has 0 amide bonds. The highest BCUT2D eigenvalue weighted by molar-refractivity contribution is 5.40. The molecule has 2 aromatic carbocycles. The molecule has 0 atom stereocenters. The first kappa shape index (κ1) is 18.3. The third kappa shape index (κ3) is 5.55.